The van der Waals surface area contributed by atoms with Gasteiger partial charge >= 0.3 is 0 Å². The molecule has 1 aliphatic heterocycles. The van der Waals surface area contributed by atoms with Crippen LogP contribution in [0.5, 0.6) is 11.5 Å². The van der Waals surface area contributed by atoms with Crippen LogP contribution in [-0.4, -0.2) is 35.6 Å². The Kier molecular flexibility index (Phi) is 6.90. The van der Waals surface area contributed by atoms with Crippen molar-refractivity contribution < 1.29 is 9.47 Å². The number of fused-ring (bicyclic) bond motifs is 1. The molecule has 1 N–H and O–H groups in total. The fourth-order valence-corrected chi connectivity index (χ4v) is 2.52. The molecule has 2 aromatic rings. The van der Waals surface area contributed by atoms with E-state index in [0.717, 1.165) is 24.5 Å². The van der Waals surface area contributed by atoms with Gasteiger partial charge in [-0.3, -0.25) is 4.79 Å². The fraction of sp³-hybridized carbons (Fsp3) is 0.375. The molecule has 3 rings (SSSR count). The Morgan fingerprint density at radius 2 is 2.04 bits per heavy atom. The number of hydrogen-bond donors (Lipinski definition) is 1. The zero-order valence-electron chi connectivity index (χ0n) is 13.0. The number of para-hydroxylation sites is 2. The molecule has 1 aliphatic rings. The van der Waals surface area contributed by atoms with Crippen LogP contribution < -0.4 is 20.3 Å². The minimum atomic E-state index is -0.143. The van der Waals surface area contributed by atoms with E-state index in [9.17, 15) is 4.79 Å². The van der Waals surface area contributed by atoms with Gasteiger partial charge in [-0.05, 0) is 31.2 Å². The van der Waals surface area contributed by atoms with Crippen LogP contribution in [0.15, 0.2) is 41.2 Å². The first kappa shape index (κ1) is 18.6. The van der Waals surface area contributed by atoms with Gasteiger partial charge < -0.3 is 14.8 Å². The van der Waals surface area contributed by atoms with Gasteiger partial charge in [0.15, 0.2) is 11.5 Å². The van der Waals surface area contributed by atoms with Crippen molar-refractivity contribution in [2.45, 2.75) is 19.1 Å². The molecule has 1 unspecified atom stereocenters. The van der Waals surface area contributed by atoms with Crippen molar-refractivity contribution in [1.82, 2.24) is 15.1 Å². The zero-order chi connectivity index (χ0) is 16.1. The van der Waals surface area contributed by atoms with Gasteiger partial charge in [0.2, 0.25) is 0 Å². The predicted octanol–water partition coefficient (Wildman–Crippen LogP) is 2.14. The molecular weight excluding hydrogens is 353 g/mol. The summed E-state index contributed by atoms with van der Waals surface area (Å²) in [5.41, 5.74) is -0.143. The molecule has 2 heterocycles. The van der Waals surface area contributed by atoms with Crippen molar-refractivity contribution in [3.8, 4) is 11.5 Å². The molecule has 1 atom stereocenters. The third-order valence-electron chi connectivity index (χ3n) is 3.50. The maximum absolute atomic E-state index is 11.6. The summed E-state index contributed by atoms with van der Waals surface area (Å²) in [5, 5.41) is 7.61. The molecule has 0 saturated heterocycles. The topological polar surface area (TPSA) is 65.4 Å². The Hall–Kier alpha value is -1.76. The number of aromatic nitrogens is 2. The molecular formula is C16H19Cl2N3O3. The average molecular weight is 372 g/mol. The van der Waals surface area contributed by atoms with E-state index < -0.39 is 0 Å². The van der Waals surface area contributed by atoms with E-state index in [4.69, 9.17) is 21.1 Å². The lowest BCUT2D eigenvalue weighted by Crippen LogP contribution is -2.39. The van der Waals surface area contributed by atoms with Crippen LogP contribution in [0.4, 0.5) is 0 Å². The van der Waals surface area contributed by atoms with E-state index >= 15 is 0 Å². The molecule has 130 valence electrons. The first-order valence-corrected chi connectivity index (χ1v) is 7.93. The minimum Gasteiger partial charge on any atom is -0.486 e. The SMILES string of the molecule is Cl.O=c1ccc(Cl)nn1CCCNCC1COc2ccccc2O1. The third kappa shape index (κ3) is 4.87. The number of aryl methyl sites for hydroxylation is 1. The highest BCUT2D eigenvalue weighted by molar-refractivity contribution is 6.29. The Bertz CT molecular complexity index is 724. The van der Waals surface area contributed by atoms with Gasteiger partial charge in [-0.15, -0.1) is 12.4 Å². The fourth-order valence-electron chi connectivity index (χ4n) is 2.36. The Morgan fingerprint density at radius 3 is 2.88 bits per heavy atom. The van der Waals surface area contributed by atoms with E-state index in [2.05, 4.69) is 10.4 Å². The zero-order valence-corrected chi connectivity index (χ0v) is 14.6. The van der Waals surface area contributed by atoms with Gasteiger partial charge in [0.05, 0.1) is 0 Å². The van der Waals surface area contributed by atoms with Crippen LogP contribution in [0.2, 0.25) is 5.15 Å². The van der Waals surface area contributed by atoms with Crippen LogP contribution in [0.1, 0.15) is 6.42 Å². The number of nitrogens with zero attached hydrogens (tertiary/aromatic N) is 2. The summed E-state index contributed by atoms with van der Waals surface area (Å²) in [6, 6.07) is 10.6. The number of ether oxygens (including phenoxy) is 2. The molecule has 0 fully saturated rings. The number of hydrogen-bond acceptors (Lipinski definition) is 5. The lowest BCUT2D eigenvalue weighted by molar-refractivity contribution is 0.0904. The second-order valence-corrected chi connectivity index (χ2v) is 5.66. The van der Waals surface area contributed by atoms with Gasteiger partial charge in [0, 0.05) is 19.2 Å². The number of halogens is 2. The maximum Gasteiger partial charge on any atom is 0.266 e. The maximum atomic E-state index is 11.6. The van der Waals surface area contributed by atoms with Crippen LogP contribution in [0, 0.1) is 0 Å². The summed E-state index contributed by atoms with van der Waals surface area (Å²) < 4.78 is 12.9. The van der Waals surface area contributed by atoms with Crippen molar-refractivity contribution in [2.75, 3.05) is 19.7 Å². The van der Waals surface area contributed by atoms with Crippen LogP contribution in [0.25, 0.3) is 0 Å². The molecule has 0 amide bonds. The summed E-state index contributed by atoms with van der Waals surface area (Å²) in [7, 11) is 0. The molecule has 1 aromatic carbocycles. The largest absolute Gasteiger partial charge is 0.486 e. The standard InChI is InChI=1S/C16H18ClN3O3.ClH/c17-15-6-7-16(21)20(19-15)9-3-8-18-10-12-11-22-13-4-1-2-5-14(13)23-12;/h1-2,4-7,12,18H,3,8-11H2;1H. The normalized spacial score (nSPS) is 15.6. The summed E-state index contributed by atoms with van der Waals surface area (Å²) in [5.74, 6) is 1.57. The van der Waals surface area contributed by atoms with Gasteiger partial charge in [-0.1, -0.05) is 23.7 Å². The quantitative estimate of drug-likeness (QED) is 0.788. The highest BCUT2D eigenvalue weighted by atomic mass is 35.5. The van der Waals surface area contributed by atoms with E-state index in [1.54, 1.807) is 0 Å². The molecule has 6 nitrogen and oxygen atoms in total. The minimum absolute atomic E-state index is 0. The van der Waals surface area contributed by atoms with Crippen LogP contribution in [0.3, 0.4) is 0 Å². The van der Waals surface area contributed by atoms with Gasteiger partial charge in [0.25, 0.3) is 5.56 Å². The lowest BCUT2D eigenvalue weighted by atomic mass is 10.2. The average Bonchev–Trinajstić information content (AvgIpc) is 2.57. The van der Waals surface area contributed by atoms with E-state index in [1.807, 2.05) is 24.3 Å². The summed E-state index contributed by atoms with van der Waals surface area (Å²) in [6.07, 6.45) is 0.758. The number of benzene rings is 1. The molecule has 1 aromatic heterocycles. The Balaban J connectivity index is 0.00000208. The molecule has 24 heavy (non-hydrogen) atoms. The smallest absolute Gasteiger partial charge is 0.266 e. The first-order valence-electron chi connectivity index (χ1n) is 7.55. The van der Waals surface area contributed by atoms with Gasteiger partial charge in [-0.25, -0.2) is 4.68 Å². The third-order valence-corrected chi connectivity index (χ3v) is 3.70. The summed E-state index contributed by atoms with van der Waals surface area (Å²) >= 11 is 5.78. The monoisotopic (exact) mass is 371 g/mol. The van der Waals surface area contributed by atoms with Crippen LogP contribution >= 0.6 is 24.0 Å². The first-order chi connectivity index (χ1) is 11.2. The van der Waals surface area contributed by atoms with Gasteiger partial charge in [0.1, 0.15) is 17.9 Å². The molecule has 0 aliphatic carbocycles. The second kappa shape index (κ2) is 8.92. The van der Waals surface area contributed by atoms with Crippen molar-refractivity contribution >= 4 is 24.0 Å². The Labute approximate surface area is 151 Å². The Morgan fingerprint density at radius 1 is 1.25 bits per heavy atom. The molecule has 0 radical (unpaired) electrons. The predicted molar refractivity (Wildman–Crippen MR) is 94.6 cm³/mol. The van der Waals surface area contributed by atoms with Crippen molar-refractivity contribution in [2.24, 2.45) is 0 Å². The van der Waals surface area contributed by atoms with E-state index in [-0.39, 0.29) is 24.1 Å². The van der Waals surface area contributed by atoms with Crippen molar-refractivity contribution in [3.63, 3.8) is 0 Å². The number of nitrogens with one attached hydrogen (secondary N) is 1. The summed E-state index contributed by atoms with van der Waals surface area (Å²) in [6.45, 7) is 2.49. The van der Waals surface area contributed by atoms with Crippen molar-refractivity contribution in [1.29, 1.82) is 0 Å². The van der Waals surface area contributed by atoms with Gasteiger partial charge in [-0.2, -0.15) is 5.10 Å². The molecule has 0 bridgehead atoms. The highest BCUT2D eigenvalue weighted by Gasteiger charge is 2.19. The summed E-state index contributed by atoms with van der Waals surface area (Å²) in [4.78, 5) is 11.6. The highest BCUT2D eigenvalue weighted by Crippen LogP contribution is 2.30. The van der Waals surface area contributed by atoms with Crippen molar-refractivity contribution in [3.05, 3.63) is 51.9 Å². The molecule has 0 saturated carbocycles. The number of rotatable bonds is 6. The van der Waals surface area contributed by atoms with E-state index in [0.29, 0.717) is 24.8 Å². The lowest BCUT2D eigenvalue weighted by Gasteiger charge is -2.26. The second-order valence-electron chi connectivity index (χ2n) is 5.27. The van der Waals surface area contributed by atoms with Crippen LogP contribution in [-0.2, 0) is 6.54 Å². The van der Waals surface area contributed by atoms with E-state index in [1.165, 1.54) is 16.8 Å². The molecule has 8 heteroatoms. The molecule has 0 spiro atoms.